The van der Waals surface area contributed by atoms with E-state index >= 15 is 0 Å². The lowest BCUT2D eigenvalue weighted by Crippen LogP contribution is -2.42. The summed E-state index contributed by atoms with van der Waals surface area (Å²) in [5, 5.41) is 9.51. The Morgan fingerprint density at radius 3 is 2.67 bits per heavy atom. The van der Waals surface area contributed by atoms with Gasteiger partial charge < -0.3 is 10.0 Å². The van der Waals surface area contributed by atoms with E-state index in [1.807, 2.05) is 17.0 Å². The second kappa shape index (κ2) is 4.34. The van der Waals surface area contributed by atoms with Crippen molar-refractivity contribution in [2.24, 2.45) is 0 Å². The molecule has 1 aromatic carbocycles. The summed E-state index contributed by atoms with van der Waals surface area (Å²) in [6, 6.07) is 7.18. The lowest BCUT2D eigenvalue weighted by Gasteiger charge is -2.30. The molecule has 0 radical (unpaired) electrons. The fourth-order valence-corrected chi connectivity index (χ4v) is 1.69. The normalized spacial score (nSPS) is 14.8. The first-order valence-electron chi connectivity index (χ1n) is 5.32. The minimum absolute atomic E-state index is 0.199. The predicted octanol–water partition coefficient (Wildman–Crippen LogP) is 1.56. The van der Waals surface area contributed by atoms with Gasteiger partial charge in [0.2, 0.25) is 5.91 Å². The van der Waals surface area contributed by atoms with Crippen LogP contribution in [0.4, 0.5) is 0 Å². The first-order valence-corrected chi connectivity index (χ1v) is 5.32. The topological polar surface area (TPSA) is 40.5 Å². The third-order valence-electron chi connectivity index (χ3n) is 2.81. The average molecular weight is 205 g/mol. The zero-order valence-electron chi connectivity index (χ0n) is 8.65. The number of amides is 1. The van der Waals surface area contributed by atoms with E-state index < -0.39 is 0 Å². The molecular formula is C12H15NO2. The molecule has 0 spiro atoms. The number of likely N-dealkylation sites (tertiary alicyclic amines) is 1. The van der Waals surface area contributed by atoms with Crippen molar-refractivity contribution >= 4 is 5.91 Å². The number of aromatic hydroxyl groups is 1. The first kappa shape index (κ1) is 10.0. The number of rotatable bonds is 3. The molecular weight excluding hydrogens is 190 g/mol. The highest BCUT2D eigenvalue weighted by atomic mass is 16.3. The lowest BCUT2D eigenvalue weighted by molar-refractivity contribution is -0.134. The van der Waals surface area contributed by atoms with Crippen molar-refractivity contribution in [3.8, 4) is 5.75 Å². The van der Waals surface area contributed by atoms with Gasteiger partial charge in [-0.1, -0.05) is 18.2 Å². The summed E-state index contributed by atoms with van der Waals surface area (Å²) in [6.07, 6.45) is 2.25. The summed E-state index contributed by atoms with van der Waals surface area (Å²) in [4.78, 5) is 13.4. The van der Waals surface area contributed by atoms with Crippen molar-refractivity contribution < 1.29 is 9.90 Å². The number of phenolic OH excluding ortho intramolecular Hbond substituents is 1. The quantitative estimate of drug-likeness (QED) is 0.813. The van der Waals surface area contributed by atoms with Crippen LogP contribution in [0, 0.1) is 0 Å². The molecule has 3 nitrogen and oxygen atoms in total. The van der Waals surface area contributed by atoms with E-state index in [-0.39, 0.29) is 11.7 Å². The first-order chi connectivity index (χ1) is 7.27. The van der Waals surface area contributed by atoms with Crippen molar-refractivity contribution in [2.75, 3.05) is 13.1 Å². The van der Waals surface area contributed by atoms with Gasteiger partial charge in [0, 0.05) is 19.5 Å². The van der Waals surface area contributed by atoms with E-state index in [0.717, 1.165) is 25.1 Å². The maximum atomic E-state index is 11.6. The lowest BCUT2D eigenvalue weighted by atomic mass is 10.1. The molecule has 0 saturated carbocycles. The number of carbonyl (C=O) groups is 1. The third-order valence-corrected chi connectivity index (χ3v) is 2.81. The molecule has 0 aliphatic carbocycles. The van der Waals surface area contributed by atoms with E-state index in [1.165, 1.54) is 0 Å². The predicted molar refractivity (Wildman–Crippen MR) is 57.6 cm³/mol. The molecule has 1 aliphatic rings. The van der Waals surface area contributed by atoms with Crippen molar-refractivity contribution in [2.45, 2.75) is 19.3 Å². The van der Waals surface area contributed by atoms with Crippen LogP contribution in [0.2, 0.25) is 0 Å². The Hall–Kier alpha value is -1.51. The van der Waals surface area contributed by atoms with Crippen LogP contribution in [-0.4, -0.2) is 29.0 Å². The summed E-state index contributed by atoms with van der Waals surface area (Å²) in [7, 11) is 0. The highest BCUT2D eigenvalue weighted by molar-refractivity contribution is 5.77. The molecule has 1 N–H and O–H groups in total. The molecule has 0 unspecified atom stereocenters. The van der Waals surface area contributed by atoms with E-state index in [0.29, 0.717) is 12.8 Å². The number of phenols is 1. The molecule has 1 aliphatic heterocycles. The van der Waals surface area contributed by atoms with Crippen LogP contribution in [0.15, 0.2) is 24.3 Å². The minimum atomic E-state index is 0.199. The molecule has 1 amide bonds. The van der Waals surface area contributed by atoms with Crippen LogP contribution in [0.1, 0.15) is 18.4 Å². The SMILES string of the molecule is O=C(CCc1ccccc1O)N1CCC1. The van der Waals surface area contributed by atoms with Crippen LogP contribution >= 0.6 is 0 Å². The smallest absolute Gasteiger partial charge is 0.222 e. The molecule has 1 fully saturated rings. The number of carbonyl (C=O) groups excluding carboxylic acids is 1. The number of benzene rings is 1. The third kappa shape index (κ3) is 2.29. The largest absolute Gasteiger partial charge is 0.508 e. The Bertz CT molecular complexity index is 358. The van der Waals surface area contributed by atoms with Crippen LogP contribution < -0.4 is 0 Å². The summed E-state index contributed by atoms with van der Waals surface area (Å²) < 4.78 is 0. The second-order valence-electron chi connectivity index (χ2n) is 3.86. The molecule has 80 valence electrons. The van der Waals surface area contributed by atoms with E-state index in [9.17, 15) is 9.90 Å². The molecule has 1 heterocycles. The fourth-order valence-electron chi connectivity index (χ4n) is 1.69. The highest BCUT2D eigenvalue weighted by Crippen LogP contribution is 2.18. The van der Waals surface area contributed by atoms with Gasteiger partial charge in [-0.05, 0) is 24.5 Å². The standard InChI is InChI=1S/C12H15NO2/c14-11-5-2-1-4-10(11)6-7-12(15)13-8-3-9-13/h1-2,4-5,14H,3,6-9H2. The van der Waals surface area contributed by atoms with Gasteiger partial charge in [0.05, 0.1) is 0 Å². The molecule has 0 aromatic heterocycles. The van der Waals surface area contributed by atoms with Crippen molar-refractivity contribution in [1.82, 2.24) is 4.90 Å². The number of para-hydroxylation sites is 1. The number of aryl methyl sites for hydroxylation is 1. The Kier molecular flexibility index (Phi) is 2.90. The highest BCUT2D eigenvalue weighted by Gasteiger charge is 2.19. The molecule has 1 saturated heterocycles. The summed E-state index contributed by atoms with van der Waals surface area (Å²) in [5.41, 5.74) is 0.853. The Labute approximate surface area is 89.3 Å². The summed E-state index contributed by atoms with van der Waals surface area (Å²) in [5.74, 6) is 0.485. The van der Waals surface area contributed by atoms with Gasteiger partial charge in [-0.2, -0.15) is 0 Å². The molecule has 3 heteroatoms. The van der Waals surface area contributed by atoms with Gasteiger partial charge in [0.15, 0.2) is 0 Å². The monoisotopic (exact) mass is 205 g/mol. The summed E-state index contributed by atoms with van der Waals surface area (Å²) in [6.45, 7) is 1.80. The van der Waals surface area contributed by atoms with Crippen molar-refractivity contribution in [3.63, 3.8) is 0 Å². The Morgan fingerprint density at radius 1 is 1.33 bits per heavy atom. The van der Waals surface area contributed by atoms with E-state index in [4.69, 9.17) is 0 Å². The maximum Gasteiger partial charge on any atom is 0.222 e. The average Bonchev–Trinajstić information content (AvgIpc) is 2.14. The minimum Gasteiger partial charge on any atom is -0.508 e. The van der Waals surface area contributed by atoms with E-state index in [2.05, 4.69) is 0 Å². The van der Waals surface area contributed by atoms with Crippen LogP contribution in [0.25, 0.3) is 0 Å². The molecule has 0 atom stereocenters. The van der Waals surface area contributed by atoms with E-state index in [1.54, 1.807) is 12.1 Å². The Balaban J connectivity index is 1.87. The zero-order chi connectivity index (χ0) is 10.7. The van der Waals surface area contributed by atoms with Gasteiger partial charge in [0.1, 0.15) is 5.75 Å². The molecule has 15 heavy (non-hydrogen) atoms. The van der Waals surface area contributed by atoms with Crippen LogP contribution in [0.3, 0.4) is 0 Å². The molecule has 0 bridgehead atoms. The van der Waals surface area contributed by atoms with Crippen molar-refractivity contribution in [3.05, 3.63) is 29.8 Å². The van der Waals surface area contributed by atoms with Crippen LogP contribution in [-0.2, 0) is 11.2 Å². The van der Waals surface area contributed by atoms with Crippen molar-refractivity contribution in [1.29, 1.82) is 0 Å². The number of nitrogens with zero attached hydrogens (tertiary/aromatic N) is 1. The van der Waals surface area contributed by atoms with Gasteiger partial charge >= 0.3 is 0 Å². The molecule has 1 aromatic rings. The maximum absolute atomic E-state index is 11.6. The summed E-state index contributed by atoms with van der Waals surface area (Å²) >= 11 is 0. The van der Waals surface area contributed by atoms with Gasteiger partial charge in [-0.25, -0.2) is 0 Å². The number of hydrogen-bond donors (Lipinski definition) is 1. The fraction of sp³-hybridized carbons (Fsp3) is 0.417. The zero-order valence-corrected chi connectivity index (χ0v) is 8.65. The molecule has 2 rings (SSSR count). The van der Waals surface area contributed by atoms with Gasteiger partial charge in [0.25, 0.3) is 0 Å². The van der Waals surface area contributed by atoms with Gasteiger partial charge in [-0.15, -0.1) is 0 Å². The van der Waals surface area contributed by atoms with Crippen LogP contribution in [0.5, 0.6) is 5.75 Å². The van der Waals surface area contributed by atoms with Gasteiger partial charge in [-0.3, -0.25) is 4.79 Å². The Morgan fingerprint density at radius 2 is 2.07 bits per heavy atom. The second-order valence-corrected chi connectivity index (χ2v) is 3.86. The number of hydrogen-bond acceptors (Lipinski definition) is 2.